The number of hydrazine groups is 1. The fraction of sp³-hybridized carbons (Fsp3) is 0.0588. The standard InChI is InChI=1S/C17H13F2N3O/c1-10-3-2-4-11-8-20-9-15(16(10)11)17(23)22-21-14-6-12(18)5-13(19)7-14/h2-9,21H,1H3,(H,22,23). The summed E-state index contributed by atoms with van der Waals surface area (Å²) >= 11 is 0. The van der Waals surface area contributed by atoms with Crippen molar-refractivity contribution >= 4 is 22.4 Å². The Bertz CT molecular complexity index is 871. The number of nitrogens with one attached hydrogen (secondary N) is 2. The van der Waals surface area contributed by atoms with Crippen LogP contribution in [0.4, 0.5) is 14.5 Å². The molecule has 4 nitrogen and oxygen atoms in total. The zero-order chi connectivity index (χ0) is 16.4. The number of rotatable bonds is 3. The molecule has 6 heteroatoms. The minimum atomic E-state index is -0.732. The normalized spacial score (nSPS) is 10.6. The number of carbonyl (C=O) groups excluding carboxylic acids is 1. The van der Waals surface area contributed by atoms with Crippen LogP contribution in [0.15, 0.2) is 48.8 Å². The smallest absolute Gasteiger partial charge is 0.271 e. The van der Waals surface area contributed by atoms with E-state index in [1.54, 1.807) is 6.20 Å². The van der Waals surface area contributed by atoms with Crippen LogP contribution in [0.2, 0.25) is 0 Å². The number of aromatic nitrogens is 1. The second-order valence-corrected chi connectivity index (χ2v) is 5.10. The second-order valence-electron chi connectivity index (χ2n) is 5.10. The molecule has 0 saturated carbocycles. The maximum absolute atomic E-state index is 13.1. The number of fused-ring (bicyclic) bond motifs is 1. The average Bonchev–Trinajstić information content (AvgIpc) is 2.51. The van der Waals surface area contributed by atoms with Gasteiger partial charge in [-0.3, -0.25) is 20.6 Å². The summed E-state index contributed by atoms with van der Waals surface area (Å²) in [6, 6.07) is 8.56. The number of amides is 1. The Morgan fingerprint density at radius 1 is 1.09 bits per heavy atom. The van der Waals surface area contributed by atoms with E-state index >= 15 is 0 Å². The maximum atomic E-state index is 13.1. The number of nitrogens with zero attached hydrogens (tertiary/aromatic N) is 1. The van der Waals surface area contributed by atoms with Crippen LogP contribution in [0.1, 0.15) is 15.9 Å². The van der Waals surface area contributed by atoms with Crippen molar-refractivity contribution < 1.29 is 13.6 Å². The predicted molar refractivity (Wildman–Crippen MR) is 83.9 cm³/mol. The molecule has 0 aliphatic heterocycles. The molecule has 0 unspecified atom stereocenters. The Balaban J connectivity index is 1.87. The lowest BCUT2D eigenvalue weighted by Crippen LogP contribution is -2.29. The lowest BCUT2D eigenvalue weighted by molar-refractivity contribution is 0.0964. The van der Waals surface area contributed by atoms with Crippen LogP contribution in [0.25, 0.3) is 10.8 Å². The highest BCUT2D eigenvalue weighted by Gasteiger charge is 2.12. The molecule has 23 heavy (non-hydrogen) atoms. The van der Waals surface area contributed by atoms with Gasteiger partial charge in [-0.15, -0.1) is 0 Å². The van der Waals surface area contributed by atoms with Gasteiger partial charge in [0.15, 0.2) is 0 Å². The molecule has 0 aliphatic rings. The Kier molecular flexibility index (Phi) is 3.89. The van der Waals surface area contributed by atoms with Crippen LogP contribution in [-0.4, -0.2) is 10.9 Å². The van der Waals surface area contributed by atoms with Gasteiger partial charge in [0.25, 0.3) is 5.91 Å². The molecule has 0 radical (unpaired) electrons. The first-order chi connectivity index (χ1) is 11.0. The van der Waals surface area contributed by atoms with Crippen molar-refractivity contribution in [2.75, 3.05) is 5.43 Å². The zero-order valence-corrected chi connectivity index (χ0v) is 12.2. The molecule has 1 amide bonds. The molecule has 1 aromatic heterocycles. The van der Waals surface area contributed by atoms with Crippen LogP contribution < -0.4 is 10.9 Å². The maximum Gasteiger partial charge on any atom is 0.271 e. The number of carbonyl (C=O) groups is 1. The molecule has 116 valence electrons. The minimum absolute atomic E-state index is 0.112. The summed E-state index contributed by atoms with van der Waals surface area (Å²) in [5.41, 5.74) is 6.36. The number of hydrogen-bond acceptors (Lipinski definition) is 3. The number of halogens is 2. The van der Waals surface area contributed by atoms with Crippen molar-refractivity contribution in [1.82, 2.24) is 10.4 Å². The van der Waals surface area contributed by atoms with Crippen molar-refractivity contribution in [1.29, 1.82) is 0 Å². The second kappa shape index (κ2) is 6.00. The lowest BCUT2D eigenvalue weighted by Gasteiger charge is -2.11. The van der Waals surface area contributed by atoms with E-state index in [0.29, 0.717) is 5.56 Å². The molecular weight excluding hydrogens is 300 g/mol. The summed E-state index contributed by atoms with van der Waals surface area (Å²) in [7, 11) is 0. The third-order valence-electron chi connectivity index (χ3n) is 3.42. The van der Waals surface area contributed by atoms with Crippen LogP contribution in [0.5, 0.6) is 0 Å². The summed E-state index contributed by atoms with van der Waals surface area (Å²) < 4.78 is 26.3. The van der Waals surface area contributed by atoms with Gasteiger partial charge in [-0.05, 0) is 24.6 Å². The highest BCUT2D eigenvalue weighted by Crippen LogP contribution is 2.21. The number of hydrogen-bond donors (Lipinski definition) is 2. The SMILES string of the molecule is Cc1cccc2cncc(C(=O)NNc3cc(F)cc(F)c3)c12. The molecule has 0 aliphatic carbocycles. The molecule has 0 spiro atoms. The molecule has 3 rings (SSSR count). The van der Waals surface area contributed by atoms with E-state index in [4.69, 9.17) is 0 Å². The third-order valence-corrected chi connectivity index (χ3v) is 3.42. The van der Waals surface area contributed by atoms with E-state index in [9.17, 15) is 13.6 Å². The van der Waals surface area contributed by atoms with E-state index < -0.39 is 17.5 Å². The first kappa shape index (κ1) is 14.9. The number of pyridine rings is 1. The highest BCUT2D eigenvalue weighted by molar-refractivity contribution is 6.07. The Hall–Kier alpha value is -3.02. The van der Waals surface area contributed by atoms with Gasteiger partial charge in [-0.25, -0.2) is 8.78 Å². The quantitative estimate of drug-likeness (QED) is 0.727. The molecular formula is C17H13F2N3O. The van der Waals surface area contributed by atoms with Gasteiger partial charge >= 0.3 is 0 Å². The Morgan fingerprint density at radius 2 is 1.83 bits per heavy atom. The van der Waals surface area contributed by atoms with Gasteiger partial charge in [0.05, 0.1) is 11.3 Å². The fourth-order valence-electron chi connectivity index (χ4n) is 2.42. The van der Waals surface area contributed by atoms with Crippen molar-refractivity contribution in [3.05, 3.63) is 71.6 Å². The van der Waals surface area contributed by atoms with E-state index in [0.717, 1.165) is 34.5 Å². The predicted octanol–water partition coefficient (Wildman–Crippen LogP) is 3.58. The summed E-state index contributed by atoms with van der Waals surface area (Å²) in [4.78, 5) is 16.4. The highest BCUT2D eigenvalue weighted by atomic mass is 19.1. The van der Waals surface area contributed by atoms with Crippen LogP contribution in [-0.2, 0) is 0 Å². The van der Waals surface area contributed by atoms with E-state index in [1.807, 2.05) is 25.1 Å². The van der Waals surface area contributed by atoms with Crippen LogP contribution in [0, 0.1) is 18.6 Å². The molecule has 0 atom stereocenters. The summed E-state index contributed by atoms with van der Waals surface area (Å²) in [6.07, 6.45) is 3.13. The van der Waals surface area contributed by atoms with Gasteiger partial charge < -0.3 is 0 Å². The molecule has 0 fully saturated rings. The van der Waals surface area contributed by atoms with E-state index in [2.05, 4.69) is 15.8 Å². The van der Waals surface area contributed by atoms with E-state index in [1.165, 1.54) is 6.20 Å². The van der Waals surface area contributed by atoms with Crippen molar-refractivity contribution in [2.45, 2.75) is 6.92 Å². The molecule has 0 bridgehead atoms. The number of benzene rings is 2. The van der Waals surface area contributed by atoms with Crippen molar-refractivity contribution in [2.24, 2.45) is 0 Å². The molecule has 1 heterocycles. The zero-order valence-electron chi connectivity index (χ0n) is 12.2. The molecule has 2 aromatic carbocycles. The van der Waals surface area contributed by atoms with E-state index in [-0.39, 0.29) is 5.69 Å². The van der Waals surface area contributed by atoms with Crippen molar-refractivity contribution in [3.8, 4) is 0 Å². The minimum Gasteiger partial charge on any atom is -0.298 e. The molecule has 3 aromatic rings. The largest absolute Gasteiger partial charge is 0.298 e. The molecule has 2 N–H and O–H groups in total. The van der Waals surface area contributed by atoms with Gasteiger partial charge in [0.2, 0.25) is 0 Å². The summed E-state index contributed by atoms with van der Waals surface area (Å²) in [5.74, 6) is -1.91. The first-order valence-electron chi connectivity index (χ1n) is 6.90. The number of aryl methyl sites for hydroxylation is 1. The Morgan fingerprint density at radius 3 is 2.57 bits per heavy atom. The first-order valence-corrected chi connectivity index (χ1v) is 6.90. The molecule has 0 saturated heterocycles. The monoisotopic (exact) mass is 313 g/mol. The van der Waals surface area contributed by atoms with Gasteiger partial charge in [-0.2, -0.15) is 0 Å². The third kappa shape index (κ3) is 3.11. The Labute approximate surface area is 131 Å². The fourth-order valence-corrected chi connectivity index (χ4v) is 2.42. The lowest BCUT2D eigenvalue weighted by atomic mass is 10.0. The topological polar surface area (TPSA) is 54.0 Å². The van der Waals surface area contributed by atoms with Crippen molar-refractivity contribution in [3.63, 3.8) is 0 Å². The summed E-state index contributed by atoms with van der Waals surface area (Å²) in [5, 5.41) is 1.63. The number of anilines is 1. The van der Waals surface area contributed by atoms with Crippen LogP contribution in [0.3, 0.4) is 0 Å². The van der Waals surface area contributed by atoms with Gasteiger partial charge in [-0.1, -0.05) is 18.2 Å². The van der Waals surface area contributed by atoms with Gasteiger partial charge in [0.1, 0.15) is 11.6 Å². The van der Waals surface area contributed by atoms with Crippen LogP contribution >= 0.6 is 0 Å². The average molecular weight is 313 g/mol. The van der Waals surface area contributed by atoms with Gasteiger partial charge in [0, 0.05) is 29.2 Å². The summed E-state index contributed by atoms with van der Waals surface area (Å²) in [6.45, 7) is 1.90.